The molecule has 4 atom stereocenters. The maximum absolute atomic E-state index is 12.6. The number of nitrogens with one attached hydrogen (secondary N) is 1. The van der Waals surface area contributed by atoms with Crippen LogP contribution < -0.4 is 4.72 Å². The van der Waals surface area contributed by atoms with E-state index in [-0.39, 0.29) is 24.0 Å². The minimum absolute atomic E-state index is 0.0902. The molecule has 7 heteroatoms. The fourth-order valence-electron chi connectivity index (χ4n) is 3.58. The van der Waals surface area contributed by atoms with Gasteiger partial charge in [0.25, 0.3) is 10.2 Å². The Kier molecular flexibility index (Phi) is 5.03. The van der Waals surface area contributed by atoms with Crippen LogP contribution in [-0.4, -0.2) is 52.2 Å². The van der Waals surface area contributed by atoms with Gasteiger partial charge in [0.05, 0.1) is 12.7 Å². The van der Waals surface area contributed by atoms with Crippen molar-refractivity contribution in [3.63, 3.8) is 0 Å². The summed E-state index contributed by atoms with van der Waals surface area (Å²) in [6.45, 7) is 1.56. The van der Waals surface area contributed by atoms with E-state index in [2.05, 4.69) is 4.72 Å². The van der Waals surface area contributed by atoms with E-state index in [1.807, 2.05) is 30.3 Å². The fourth-order valence-corrected chi connectivity index (χ4v) is 4.78. The zero-order chi connectivity index (χ0) is 16.4. The van der Waals surface area contributed by atoms with Gasteiger partial charge in [0, 0.05) is 45.2 Å². The zero-order valence-electron chi connectivity index (χ0n) is 13.5. The zero-order valence-corrected chi connectivity index (χ0v) is 14.3. The number of nitrogens with zero attached hydrogens (tertiary/aromatic N) is 1. The summed E-state index contributed by atoms with van der Waals surface area (Å²) < 4.78 is 40.3. The molecular formula is C16H24N2O4S. The number of methoxy groups -OCH3 is 1. The molecular weight excluding hydrogens is 316 g/mol. The average Bonchev–Trinajstić information content (AvgIpc) is 2.96. The molecule has 0 aromatic heterocycles. The second-order valence-electron chi connectivity index (χ2n) is 6.30. The monoisotopic (exact) mass is 340 g/mol. The van der Waals surface area contributed by atoms with Crippen LogP contribution in [0, 0.1) is 11.8 Å². The minimum atomic E-state index is -3.54. The van der Waals surface area contributed by atoms with E-state index in [4.69, 9.17) is 9.47 Å². The van der Waals surface area contributed by atoms with Crippen molar-refractivity contribution >= 4 is 10.2 Å². The molecule has 1 saturated heterocycles. The van der Waals surface area contributed by atoms with E-state index in [1.165, 1.54) is 4.31 Å². The molecule has 3 rings (SSSR count). The molecule has 1 aliphatic carbocycles. The Hall–Kier alpha value is -0.990. The van der Waals surface area contributed by atoms with E-state index in [9.17, 15) is 8.42 Å². The van der Waals surface area contributed by atoms with Gasteiger partial charge in [-0.25, -0.2) is 0 Å². The summed E-state index contributed by atoms with van der Waals surface area (Å²) in [6, 6.07) is 9.47. The molecule has 1 heterocycles. The van der Waals surface area contributed by atoms with Crippen molar-refractivity contribution in [2.75, 3.05) is 27.4 Å². The predicted molar refractivity (Wildman–Crippen MR) is 87.0 cm³/mol. The Balaban J connectivity index is 1.65. The Morgan fingerprint density at radius 1 is 1.35 bits per heavy atom. The maximum atomic E-state index is 12.6. The summed E-state index contributed by atoms with van der Waals surface area (Å²) in [6.07, 6.45) is 1.03. The fraction of sp³-hybridized carbons (Fsp3) is 0.625. The van der Waals surface area contributed by atoms with Gasteiger partial charge in [-0.2, -0.15) is 17.4 Å². The van der Waals surface area contributed by atoms with Gasteiger partial charge in [-0.1, -0.05) is 30.3 Å². The summed E-state index contributed by atoms with van der Waals surface area (Å²) in [5.41, 5.74) is 0.963. The highest BCUT2D eigenvalue weighted by molar-refractivity contribution is 7.87. The number of rotatable bonds is 7. The lowest BCUT2D eigenvalue weighted by Gasteiger charge is -2.47. The predicted octanol–water partition coefficient (Wildman–Crippen LogP) is 1.00. The van der Waals surface area contributed by atoms with E-state index >= 15 is 0 Å². The smallest absolute Gasteiger partial charge is 0.279 e. The second kappa shape index (κ2) is 6.86. The van der Waals surface area contributed by atoms with Gasteiger partial charge in [0.2, 0.25) is 0 Å². The number of ether oxygens (including phenoxy) is 2. The van der Waals surface area contributed by atoms with E-state index in [1.54, 1.807) is 14.2 Å². The molecule has 2 aliphatic rings. The normalized spacial score (nSPS) is 30.2. The van der Waals surface area contributed by atoms with Crippen molar-refractivity contribution in [2.45, 2.75) is 25.1 Å². The molecule has 1 aromatic carbocycles. The van der Waals surface area contributed by atoms with Crippen LogP contribution in [0.25, 0.3) is 0 Å². The summed E-state index contributed by atoms with van der Waals surface area (Å²) >= 11 is 0. The Bertz CT molecular complexity index is 622. The van der Waals surface area contributed by atoms with E-state index in [0.717, 1.165) is 12.0 Å². The van der Waals surface area contributed by atoms with Crippen LogP contribution in [-0.2, 0) is 26.2 Å². The highest BCUT2D eigenvalue weighted by Crippen LogP contribution is 2.44. The Morgan fingerprint density at radius 3 is 2.78 bits per heavy atom. The van der Waals surface area contributed by atoms with Crippen molar-refractivity contribution in [1.29, 1.82) is 0 Å². The topological polar surface area (TPSA) is 67.9 Å². The number of hydrogen-bond acceptors (Lipinski definition) is 4. The number of benzene rings is 1. The van der Waals surface area contributed by atoms with Crippen LogP contribution in [0.4, 0.5) is 0 Å². The summed E-state index contributed by atoms with van der Waals surface area (Å²) in [5, 5.41) is 0. The number of fused-ring (bicyclic) bond motifs is 1. The summed E-state index contributed by atoms with van der Waals surface area (Å²) in [7, 11) is -0.303. The Labute approximate surface area is 138 Å². The molecule has 0 unspecified atom stereocenters. The van der Waals surface area contributed by atoms with Crippen LogP contribution in [0.3, 0.4) is 0 Å². The lowest BCUT2D eigenvalue weighted by molar-refractivity contribution is -0.0778. The molecule has 0 spiro atoms. The second-order valence-corrected chi connectivity index (χ2v) is 8.11. The summed E-state index contributed by atoms with van der Waals surface area (Å²) in [4.78, 5) is 0. The number of hydrogen-bond donors (Lipinski definition) is 1. The molecule has 1 saturated carbocycles. The van der Waals surface area contributed by atoms with Crippen LogP contribution in [0.1, 0.15) is 12.0 Å². The quantitative estimate of drug-likeness (QED) is 0.804. The molecule has 1 aromatic rings. The third-order valence-corrected chi connectivity index (χ3v) is 6.35. The Morgan fingerprint density at radius 2 is 2.09 bits per heavy atom. The van der Waals surface area contributed by atoms with E-state index < -0.39 is 10.2 Å². The highest BCUT2D eigenvalue weighted by Gasteiger charge is 2.55. The molecule has 6 nitrogen and oxygen atoms in total. The molecule has 0 bridgehead atoms. The lowest BCUT2D eigenvalue weighted by Crippen LogP contribution is -2.63. The molecule has 0 amide bonds. The van der Waals surface area contributed by atoms with Gasteiger partial charge >= 0.3 is 0 Å². The average molecular weight is 340 g/mol. The third-order valence-electron chi connectivity index (χ3n) is 4.83. The molecule has 0 radical (unpaired) electrons. The standard InChI is InChI=1S/C16H24N2O4S/c1-18(10-12-6-4-3-5-7-12)23(19,20)17-15-13-8-9-22-16(13)14(15)11-21-2/h3-7,13-17H,8-11H2,1-2H3/t13-,14+,15-,16-/m0/s1. The van der Waals surface area contributed by atoms with Gasteiger partial charge in [-0.05, 0) is 12.0 Å². The first kappa shape index (κ1) is 16.9. The molecule has 1 N–H and O–H groups in total. The first-order valence-corrected chi connectivity index (χ1v) is 9.35. The molecule has 2 fully saturated rings. The van der Waals surface area contributed by atoms with Gasteiger partial charge in [0.15, 0.2) is 0 Å². The lowest BCUT2D eigenvalue weighted by atomic mass is 9.68. The summed E-state index contributed by atoms with van der Waals surface area (Å²) in [5.74, 6) is 0.349. The van der Waals surface area contributed by atoms with Gasteiger partial charge < -0.3 is 9.47 Å². The largest absolute Gasteiger partial charge is 0.384 e. The van der Waals surface area contributed by atoms with Crippen molar-refractivity contribution in [3.8, 4) is 0 Å². The van der Waals surface area contributed by atoms with Gasteiger partial charge in [-0.15, -0.1) is 0 Å². The van der Waals surface area contributed by atoms with Crippen molar-refractivity contribution in [2.24, 2.45) is 11.8 Å². The van der Waals surface area contributed by atoms with Gasteiger partial charge in [-0.3, -0.25) is 0 Å². The minimum Gasteiger partial charge on any atom is -0.384 e. The van der Waals surface area contributed by atoms with Crippen molar-refractivity contribution in [1.82, 2.24) is 9.03 Å². The van der Waals surface area contributed by atoms with Crippen molar-refractivity contribution in [3.05, 3.63) is 35.9 Å². The maximum Gasteiger partial charge on any atom is 0.279 e. The molecule has 23 heavy (non-hydrogen) atoms. The first-order valence-electron chi connectivity index (χ1n) is 7.91. The highest BCUT2D eigenvalue weighted by atomic mass is 32.2. The first-order chi connectivity index (χ1) is 11.0. The van der Waals surface area contributed by atoms with Gasteiger partial charge in [0.1, 0.15) is 0 Å². The van der Waals surface area contributed by atoms with Crippen LogP contribution in [0.15, 0.2) is 30.3 Å². The van der Waals surface area contributed by atoms with Crippen LogP contribution in [0.5, 0.6) is 0 Å². The van der Waals surface area contributed by atoms with Crippen molar-refractivity contribution < 1.29 is 17.9 Å². The molecule has 128 valence electrons. The SMILES string of the molecule is COC[C@@H]1[C@@H](NS(=O)(=O)N(C)Cc2ccccc2)[C@@H]2CCO[C@H]12. The van der Waals surface area contributed by atoms with Crippen LogP contribution in [0.2, 0.25) is 0 Å². The molecule has 1 aliphatic heterocycles. The third kappa shape index (κ3) is 3.44. The van der Waals surface area contributed by atoms with Crippen LogP contribution >= 0.6 is 0 Å². The van der Waals surface area contributed by atoms with E-state index in [0.29, 0.717) is 19.8 Å².